The van der Waals surface area contributed by atoms with E-state index in [-0.39, 0.29) is 12.5 Å². The number of nitrogens with one attached hydrogen (secondary N) is 1. The van der Waals surface area contributed by atoms with Gasteiger partial charge in [-0.05, 0) is 25.0 Å². The Balaban J connectivity index is 1.84. The molecule has 0 bridgehead atoms. The third kappa shape index (κ3) is 4.08. The number of hydrogen-bond acceptors (Lipinski definition) is 4. The number of nitrogens with zero attached hydrogens (tertiary/aromatic N) is 3. The molecular formula is C17H22N4O3S. The molecule has 1 amide bonds. The second kappa shape index (κ2) is 6.97. The van der Waals surface area contributed by atoms with Gasteiger partial charge in [0.15, 0.2) is 0 Å². The summed E-state index contributed by atoms with van der Waals surface area (Å²) in [5.74, 6) is -0.00484. The highest BCUT2D eigenvalue weighted by atomic mass is 32.2. The number of fused-ring (bicyclic) bond motifs is 1. The van der Waals surface area contributed by atoms with Crippen LogP contribution in [0.15, 0.2) is 30.6 Å². The Morgan fingerprint density at radius 1 is 1.28 bits per heavy atom. The number of carbonyl (C=O) groups is 1. The molecule has 1 aliphatic rings. The van der Waals surface area contributed by atoms with Crippen LogP contribution in [0.5, 0.6) is 0 Å². The van der Waals surface area contributed by atoms with Gasteiger partial charge in [0.2, 0.25) is 10.0 Å². The van der Waals surface area contributed by atoms with Crippen LogP contribution in [0.3, 0.4) is 0 Å². The topological polar surface area (TPSA) is 84.3 Å². The molecular weight excluding hydrogens is 340 g/mol. The number of amides is 1. The van der Waals surface area contributed by atoms with Gasteiger partial charge in [-0.25, -0.2) is 18.1 Å². The second-order valence-corrected chi connectivity index (χ2v) is 8.15. The average Bonchev–Trinajstić information content (AvgIpc) is 2.80. The van der Waals surface area contributed by atoms with Gasteiger partial charge in [-0.3, -0.25) is 4.79 Å². The molecule has 0 aliphatic carbocycles. The SMILES string of the molecule is Cc1ccccc1C(=O)N1CCCn2cnc(CNS(C)(=O)=O)c2C1. The molecule has 2 aromatic rings. The van der Waals surface area contributed by atoms with Crippen LogP contribution < -0.4 is 4.72 Å². The van der Waals surface area contributed by atoms with Crippen LogP contribution in [0.2, 0.25) is 0 Å². The number of aromatic nitrogens is 2. The first-order chi connectivity index (χ1) is 11.8. The molecule has 0 saturated carbocycles. The normalized spacial score (nSPS) is 14.9. The zero-order chi connectivity index (χ0) is 18.0. The van der Waals surface area contributed by atoms with Gasteiger partial charge in [-0.1, -0.05) is 18.2 Å². The molecule has 25 heavy (non-hydrogen) atoms. The molecule has 0 saturated heterocycles. The minimum Gasteiger partial charge on any atom is -0.333 e. The number of rotatable bonds is 4. The predicted octanol–water partition coefficient (Wildman–Crippen LogP) is 1.29. The summed E-state index contributed by atoms with van der Waals surface area (Å²) < 4.78 is 27.2. The Bertz CT molecular complexity index is 889. The summed E-state index contributed by atoms with van der Waals surface area (Å²) in [7, 11) is -3.29. The van der Waals surface area contributed by atoms with Crippen LogP contribution in [-0.4, -0.2) is 41.6 Å². The van der Waals surface area contributed by atoms with Crippen molar-refractivity contribution in [1.29, 1.82) is 0 Å². The van der Waals surface area contributed by atoms with Crippen molar-refractivity contribution >= 4 is 15.9 Å². The Morgan fingerprint density at radius 3 is 2.76 bits per heavy atom. The molecule has 1 N–H and O–H groups in total. The highest BCUT2D eigenvalue weighted by Gasteiger charge is 2.24. The van der Waals surface area contributed by atoms with Gasteiger partial charge in [-0.2, -0.15) is 0 Å². The van der Waals surface area contributed by atoms with Crippen LogP contribution in [0.1, 0.15) is 33.7 Å². The standard InChI is InChI=1S/C17H22N4O3S/c1-13-6-3-4-7-14(13)17(22)20-8-5-9-21-12-18-15(16(21)11-20)10-19-25(2,23)24/h3-4,6-7,12,19H,5,8-11H2,1-2H3. The second-order valence-electron chi connectivity index (χ2n) is 6.32. The maximum absolute atomic E-state index is 12.9. The third-order valence-electron chi connectivity index (χ3n) is 4.36. The van der Waals surface area contributed by atoms with E-state index in [4.69, 9.17) is 0 Å². The molecule has 2 heterocycles. The molecule has 3 rings (SSSR count). The van der Waals surface area contributed by atoms with Gasteiger partial charge >= 0.3 is 0 Å². The van der Waals surface area contributed by atoms with E-state index in [1.54, 1.807) is 6.33 Å². The molecule has 7 nitrogen and oxygen atoms in total. The van der Waals surface area contributed by atoms with Gasteiger partial charge in [0.1, 0.15) is 0 Å². The van der Waals surface area contributed by atoms with E-state index in [0.29, 0.717) is 24.3 Å². The Kier molecular flexibility index (Phi) is 4.91. The highest BCUT2D eigenvalue weighted by Crippen LogP contribution is 2.19. The third-order valence-corrected chi connectivity index (χ3v) is 5.03. The van der Waals surface area contributed by atoms with Crippen LogP contribution in [0, 0.1) is 6.92 Å². The minimum absolute atomic E-state index is 0.00484. The summed E-state index contributed by atoms with van der Waals surface area (Å²) in [6.45, 7) is 3.91. The van der Waals surface area contributed by atoms with Gasteiger partial charge in [0.25, 0.3) is 5.91 Å². The first-order valence-corrected chi connectivity index (χ1v) is 10.1. The van der Waals surface area contributed by atoms with E-state index in [1.807, 2.05) is 40.7 Å². The van der Waals surface area contributed by atoms with E-state index in [0.717, 1.165) is 30.5 Å². The molecule has 0 radical (unpaired) electrons. The fourth-order valence-electron chi connectivity index (χ4n) is 3.02. The summed E-state index contributed by atoms with van der Waals surface area (Å²) in [5.41, 5.74) is 3.20. The van der Waals surface area contributed by atoms with E-state index >= 15 is 0 Å². The Hall–Kier alpha value is -2.19. The van der Waals surface area contributed by atoms with Crippen molar-refractivity contribution in [2.45, 2.75) is 33.0 Å². The Labute approximate surface area is 147 Å². The van der Waals surface area contributed by atoms with E-state index in [2.05, 4.69) is 9.71 Å². The van der Waals surface area contributed by atoms with Crippen LogP contribution in [-0.2, 0) is 29.7 Å². The van der Waals surface area contributed by atoms with E-state index in [1.165, 1.54) is 0 Å². The quantitative estimate of drug-likeness (QED) is 0.888. The molecule has 1 aromatic carbocycles. The number of carbonyl (C=O) groups excluding carboxylic acids is 1. The molecule has 0 fully saturated rings. The molecule has 134 valence electrons. The zero-order valence-electron chi connectivity index (χ0n) is 14.4. The van der Waals surface area contributed by atoms with Crippen molar-refractivity contribution in [2.75, 3.05) is 12.8 Å². The van der Waals surface area contributed by atoms with Crippen LogP contribution in [0.4, 0.5) is 0 Å². The maximum Gasteiger partial charge on any atom is 0.254 e. The van der Waals surface area contributed by atoms with Crippen LogP contribution >= 0.6 is 0 Å². The molecule has 0 unspecified atom stereocenters. The lowest BCUT2D eigenvalue weighted by atomic mass is 10.1. The summed E-state index contributed by atoms with van der Waals surface area (Å²) in [4.78, 5) is 19.1. The molecule has 0 spiro atoms. The average molecular weight is 362 g/mol. The lowest BCUT2D eigenvalue weighted by Gasteiger charge is -2.21. The van der Waals surface area contributed by atoms with Crippen molar-refractivity contribution in [3.8, 4) is 0 Å². The number of hydrogen-bond donors (Lipinski definition) is 1. The fraction of sp³-hybridized carbons (Fsp3) is 0.412. The smallest absolute Gasteiger partial charge is 0.254 e. The van der Waals surface area contributed by atoms with Gasteiger partial charge in [-0.15, -0.1) is 0 Å². The first kappa shape index (κ1) is 17.6. The monoisotopic (exact) mass is 362 g/mol. The Morgan fingerprint density at radius 2 is 2.04 bits per heavy atom. The molecule has 8 heteroatoms. The van der Waals surface area contributed by atoms with E-state index < -0.39 is 10.0 Å². The number of aryl methyl sites for hydroxylation is 2. The molecule has 0 atom stereocenters. The summed E-state index contributed by atoms with van der Waals surface area (Å²) in [5, 5.41) is 0. The number of imidazole rings is 1. The highest BCUT2D eigenvalue weighted by molar-refractivity contribution is 7.88. The van der Waals surface area contributed by atoms with Crippen molar-refractivity contribution in [2.24, 2.45) is 0 Å². The minimum atomic E-state index is -3.29. The van der Waals surface area contributed by atoms with Gasteiger partial charge in [0, 0.05) is 18.7 Å². The number of benzene rings is 1. The zero-order valence-corrected chi connectivity index (χ0v) is 15.2. The molecule has 1 aromatic heterocycles. The fourth-order valence-corrected chi connectivity index (χ4v) is 3.42. The van der Waals surface area contributed by atoms with Crippen molar-refractivity contribution in [3.05, 3.63) is 53.1 Å². The maximum atomic E-state index is 12.9. The summed E-state index contributed by atoms with van der Waals surface area (Å²) in [6.07, 6.45) is 3.67. The van der Waals surface area contributed by atoms with Gasteiger partial charge < -0.3 is 9.47 Å². The predicted molar refractivity (Wildman–Crippen MR) is 94.4 cm³/mol. The summed E-state index contributed by atoms with van der Waals surface area (Å²) in [6, 6.07) is 7.55. The first-order valence-electron chi connectivity index (χ1n) is 8.17. The van der Waals surface area contributed by atoms with Crippen molar-refractivity contribution in [3.63, 3.8) is 0 Å². The number of sulfonamides is 1. The van der Waals surface area contributed by atoms with Gasteiger partial charge in [0.05, 0.1) is 37.1 Å². The lowest BCUT2D eigenvalue weighted by molar-refractivity contribution is 0.0744. The summed E-state index contributed by atoms with van der Waals surface area (Å²) >= 11 is 0. The largest absolute Gasteiger partial charge is 0.333 e. The molecule has 1 aliphatic heterocycles. The van der Waals surface area contributed by atoms with Crippen molar-refractivity contribution < 1.29 is 13.2 Å². The van der Waals surface area contributed by atoms with Crippen LogP contribution in [0.25, 0.3) is 0 Å². The van der Waals surface area contributed by atoms with Crippen molar-refractivity contribution in [1.82, 2.24) is 19.2 Å². The lowest BCUT2D eigenvalue weighted by Crippen LogP contribution is -2.32. The van der Waals surface area contributed by atoms with E-state index in [9.17, 15) is 13.2 Å².